The fraction of sp³-hybridized carbons (Fsp3) is 0.632. The van der Waals surface area contributed by atoms with Crippen LogP contribution in [-0.4, -0.2) is 44.7 Å². The molecule has 1 N–H and O–H groups in total. The van der Waals surface area contributed by atoms with Gasteiger partial charge >= 0.3 is 0 Å². The highest BCUT2D eigenvalue weighted by Gasteiger charge is 2.19. The molecule has 0 radical (unpaired) electrons. The van der Waals surface area contributed by atoms with Crippen molar-refractivity contribution in [3.63, 3.8) is 0 Å². The molecule has 0 heterocycles. The summed E-state index contributed by atoms with van der Waals surface area (Å²) in [7, 11) is -3.37. The van der Waals surface area contributed by atoms with E-state index in [2.05, 4.69) is 5.32 Å². The van der Waals surface area contributed by atoms with Crippen LogP contribution in [0.2, 0.25) is 0 Å². The zero-order valence-electron chi connectivity index (χ0n) is 15.7. The Hall–Kier alpha value is -1.21. The van der Waals surface area contributed by atoms with Crippen LogP contribution in [0.15, 0.2) is 24.3 Å². The van der Waals surface area contributed by atoms with E-state index in [1.165, 1.54) is 36.2 Å². The molecule has 0 spiro atoms. The van der Waals surface area contributed by atoms with Gasteiger partial charge in [-0.1, -0.05) is 31.0 Å². The van der Waals surface area contributed by atoms with Crippen LogP contribution >= 0.6 is 11.8 Å². The number of thioether (sulfide) groups is 1. The van der Waals surface area contributed by atoms with Crippen LogP contribution in [0.3, 0.4) is 0 Å². The second-order valence-electron chi connectivity index (χ2n) is 6.85. The van der Waals surface area contributed by atoms with Gasteiger partial charge in [-0.05, 0) is 37.8 Å². The van der Waals surface area contributed by atoms with Crippen LogP contribution in [0.4, 0.5) is 5.69 Å². The van der Waals surface area contributed by atoms with Crippen LogP contribution in [0.1, 0.15) is 44.1 Å². The summed E-state index contributed by atoms with van der Waals surface area (Å²) in [6.45, 7) is 2.89. The lowest BCUT2D eigenvalue weighted by Gasteiger charge is -2.24. The molecule has 1 aliphatic carbocycles. The van der Waals surface area contributed by atoms with Gasteiger partial charge in [0.1, 0.15) is 0 Å². The summed E-state index contributed by atoms with van der Waals surface area (Å²) in [6, 6.07) is 7.41. The van der Waals surface area contributed by atoms with Crippen LogP contribution in [0.25, 0.3) is 0 Å². The highest BCUT2D eigenvalue weighted by Crippen LogP contribution is 2.28. The number of hydrogen-bond acceptors (Lipinski definition) is 4. The molecule has 0 unspecified atom stereocenters. The first-order valence-corrected chi connectivity index (χ1v) is 12.2. The van der Waals surface area contributed by atoms with Crippen molar-refractivity contribution in [3.8, 4) is 0 Å². The lowest BCUT2D eigenvalue weighted by molar-refractivity contribution is -0.121. The number of sulfonamides is 1. The number of rotatable bonds is 10. The number of amides is 1. The van der Waals surface area contributed by atoms with Crippen LogP contribution in [-0.2, 0) is 14.8 Å². The normalized spacial score (nSPS) is 15.2. The minimum Gasteiger partial charge on any atom is -0.355 e. The van der Waals surface area contributed by atoms with Gasteiger partial charge in [-0.15, -0.1) is 0 Å². The molecule has 0 atom stereocenters. The molecule has 2 rings (SSSR count). The van der Waals surface area contributed by atoms with Gasteiger partial charge in [0.25, 0.3) is 0 Å². The largest absolute Gasteiger partial charge is 0.355 e. The number of nitrogens with zero attached hydrogens (tertiary/aromatic N) is 1. The van der Waals surface area contributed by atoms with E-state index in [-0.39, 0.29) is 5.91 Å². The summed E-state index contributed by atoms with van der Waals surface area (Å²) in [4.78, 5) is 12.0. The maximum atomic E-state index is 12.1. The lowest BCUT2D eigenvalue weighted by Crippen LogP contribution is -2.33. The summed E-state index contributed by atoms with van der Waals surface area (Å²) in [5.74, 6) is 0.949. The molecule has 1 aliphatic rings. The zero-order chi connectivity index (χ0) is 19.0. The fourth-order valence-corrected chi connectivity index (χ4v) is 5.49. The lowest BCUT2D eigenvalue weighted by atomic mass is 10.2. The Morgan fingerprint density at radius 1 is 1.27 bits per heavy atom. The van der Waals surface area contributed by atoms with E-state index >= 15 is 0 Å². The summed E-state index contributed by atoms with van der Waals surface area (Å²) in [5, 5.41) is 3.71. The topological polar surface area (TPSA) is 66.5 Å². The first-order valence-electron chi connectivity index (χ1n) is 9.29. The van der Waals surface area contributed by atoms with E-state index < -0.39 is 10.0 Å². The molecule has 26 heavy (non-hydrogen) atoms. The summed E-state index contributed by atoms with van der Waals surface area (Å²) in [6.07, 6.45) is 7.33. The van der Waals surface area contributed by atoms with Crippen molar-refractivity contribution in [1.82, 2.24) is 5.32 Å². The highest BCUT2D eigenvalue weighted by molar-refractivity contribution is 7.99. The second-order valence-corrected chi connectivity index (χ2v) is 10.2. The average Bonchev–Trinajstić information content (AvgIpc) is 3.09. The van der Waals surface area contributed by atoms with Crippen LogP contribution in [0.5, 0.6) is 0 Å². The molecule has 1 saturated carbocycles. The predicted octanol–water partition coefficient (Wildman–Crippen LogP) is 3.33. The third kappa shape index (κ3) is 6.83. The second kappa shape index (κ2) is 10.2. The Morgan fingerprint density at radius 3 is 2.62 bits per heavy atom. The third-order valence-corrected chi connectivity index (χ3v) is 7.19. The van der Waals surface area contributed by atoms with Gasteiger partial charge in [-0.3, -0.25) is 9.10 Å². The molecule has 0 bridgehead atoms. The summed E-state index contributed by atoms with van der Waals surface area (Å²) < 4.78 is 25.6. The molecule has 1 aromatic carbocycles. The smallest absolute Gasteiger partial charge is 0.232 e. The quantitative estimate of drug-likeness (QED) is 0.614. The average molecular weight is 399 g/mol. The number of carbonyl (C=O) groups excluding carboxylic acids is 1. The van der Waals surface area contributed by atoms with Crippen LogP contribution < -0.4 is 9.62 Å². The molecule has 1 aromatic rings. The number of hydrogen-bond donors (Lipinski definition) is 1. The number of benzene rings is 1. The van der Waals surface area contributed by atoms with Crippen molar-refractivity contribution in [3.05, 3.63) is 29.8 Å². The fourth-order valence-electron chi connectivity index (χ4n) is 3.25. The van der Waals surface area contributed by atoms with Crippen molar-refractivity contribution in [2.75, 3.05) is 29.4 Å². The van der Waals surface area contributed by atoms with Crippen molar-refractivity contribution >= 4 is 33.4 Å². The van der Waals surface area contributed by atoms with Gasteiger partial charge in [0, 0.05) is 30.5 Å². The maximum absolute atomic E-state index is 12.1. The minimum absolute atomic E-state index is 0.00439. The Bertz CT molecular complexity index is 686. The summed E-state index contributed by atoms with van der Waals surface area (Å²) >= 11 is 1.95. The molecule has 1 amide bonds. The number of aryl methyl sites for hydroxylation is 1. The van der Waals surface area contributed by atoms with E-state index in [0.29, 0.717) is 31.6 Å². The van der Waals surface area contributed by atoms with Crippen molar-refractivity contribution in [2.45, 2.75) is 50.7 Å². The van der Waals surface area contributed by atoms with E-state index in [4.69, 9.17) is 0 Å². The molecule has 146 valence electrons. The van der Waals surface area contributed by atoms with Gasteiger partial charge in [0.05, 0.1) is 11.9 Å². The maximum Gasteiger partial charge on any atom is 0.232 e. The van der Waals surface area contributed by atoms with Gasteiger partial charge < -0.3 is 5.32 Å². The number of para-hydroxylation sites is 1. The predicted molar refractivity (Wildman–Crippen MR) is 110 cm³/mol. The molecule has 0 aromatic heterocycles. The molecule has 0 saturated heterocycles. The molecular weight excluding hydrogens is 368 g/mol. The van der Waals surface area contributed by atoms with Gasteiger partial charge in [0.2, 0.25) is 15.9 Å². The highest BCUT2D eigenvalue weighted by atomic mass is 32.2. The van der Waals surface area contributed by atoms with E-state index in [9.17, 15) is 13.2 Å². The van der Waals surface area contributed by atoms with E-state index in [1.807, 2.05) is 36.9 Å². The Labute approximate surface area is 162 Å². The van der Waals surface area contributed by atoms with Crippen molar-refractivity contribution < 1.29 is 13.2 Å². The first kappa shape index (κ1) is 21.1. The Morgan fingerprint density at radius 2 is 1.96 bits per heavy atom. The molecule has 0 aliphatic heterocycles. The monoisotopic (exact) mass is 398 g/mol. The number of carbonyl (C=O) groups is 1. The summed E-state index contributed by atoms with van der Waals surface area (Å²) in [5.41, 5.74) is 1.59. The standard InChI is InChI=1S/C19H30N2O3S2/c1-16-8-3-6-11-18(16)21(26(2,23)24)14-7-12-19(22)20-13-15-25-17-9-4-5-10-17/h3,6,8,11,17H,4-5,7,9-10,12-15H2,1-2H3,(H,20,22). The first-order chi connectivity index (χ1) is 12.4. The van der Waals surface area contributed by atoms with Crippen molar-refractivity contribution in [2.24, 2.45) is 0 Å². The molecular formula is C19H30N2O3S2. The third-order valence-electron chi connectivity index (χ3n) is 4.63. The molecule has 1 fully saturated rings. The van der Waals surface area contributed by atoms with Crippen molar-refractivity contribution in [1.29, 1.82) is 0 Å². The van der Waals surface area contributed by atoms with Gasteiger partial charge in [0.15, 0.2) is 0 Å². The Kier molecular flexibility index (Phi) is 8.28. The molecule has 5 nitrogen and oxygen atoms in total. The minimum atomic E-state index is -3.37. The van der Waals surface area contributed by atoms with Crippen LogP contribution in [0, 0.1) is 6.92 Å². The number of nitrogens with one attached hydrogen (secondary N) is 1. The Balaban J connectivity index is 1.73. The SMILES string of the molecule is Cc1ccccc1N(CCCC(=O)NCCSC1CCCC1)S(C)(=O)=O. The zero-order valence-corrected chi connectivity index (χ0v) is 17.4. The van der Waals surface area contributed by atoms with Gasteiger partial charge in [-0.2, -0.15) is 11.8 Å². The van der Waals surface area contributed by atoms with E-state index in [1.54, 1.807) is 6.07 Å². The van der Waals surface area contributed by atoms with E-state index in [0.717, 1.165) is 16.6 Å². The molecule has 7 heteroatoms. The van der Waals surface area contributed by atoms with Gasteiger partial charge in [-0.25, -0.2) is 8.42 Å². The number of anilines is 1.